The number of pyridine rings is 1. The van der Waals surface area contributed by atoms with Crippen molar-refractivity contribution in [3.63, 3.8) is 0 Å². The Balaban J connectivity index is 1.25. The lowest BCUT2D eigenvalue weighted by Crippen LogP contribution is -2.50. The molecule has 0 saturated carbocycles. The van der Waals surface area contributed by atoms with Gasteiger partial charge in [0.1, 0.15) is 17.2 Å². The monoisotopic (exact) mass is 527 g/mol. The second-order valence-corrected chi connectivity index (χ2v) is 10.4. The smallest absolute Gasteiger partial charge is 0.294 e. The zero-order valence-electron chi connectivity index (χ0n) is 22.9. The third-order valence-corrected chi connectivity index (χ3v) is 7.89. The molecule has 2 aliphatic rings. The van der Waals surface area contributed by atoms with E-state index in [0.717, 1.165) is 43.4 Å². The van der Waals surface area contributed by atoms with Crippen molar-refractivity contribution < 1.29 is 14.0 Å². The van der Waals surface area contributed by atoms with Gasteiger partial charge in [-0.3, -0.25) is 9.59 Å². The quantitative estimate of drug-likeness (QED) is 0.457. The fourth-order valence-corrected chi connectivity index (χ4v) is 5.62. The van der Waals surface area contributed by atoms with Crippen LogP contribution >= 0.6 is 0 Å². The number of amides is 1. The summed E-state index contributed by atoms with van der Waals surface area (Å²) >= 11 is 0. The molecule has 2 aliphatic heterocycles. The lowest BCUT2D eigenvalue weighted by Gasteiger charge is -2.37. The number of hydrogen-bond acceptors (Lipinski definition) is 6. The molecule has 3 aromatic rings. The van der Waals surface area contributed by atoms with Crippen LogP contribution in [-0.4, -0.2) is 54.8 Å². The van der Waals surface area contributed by atoms with Crippen molar-refractivity contribution in [2.75, 3.05) is 48.3 Å². The van der Waals surface area contributed by atoms with E-state index in [1.54, 1.807) is 55.3 Å². The maximum absolute atomic E-state index is 14.7. The molecule has 39 heavy (non-hydrogen) atoms. The van der Waals surface area contributed by atoms with Crippen LogP contribution in [0.3, 0.4) is 0 Å². The molecule has 202 valence electrons. The van der Waals surface area contributed by atoms with Crippen LogP contribution in [0.4, 0.5) is 21.6 Å². The number of likely N-dealkylation sites (N-methyl/N-ethyl adjacent to an activating group) is 1. The lowest BCUT2D eigenvalue weighted by atomic mass is 9.82. The molecule has 2 aromatic carbocycles. The summed E-state index contributed by atoms with van der Waals surface area (Å²) in [6, 6.07) is 20.6. The minimum Gasteiger partial charge on any atom is -0.368 e. The molecule has 1 amide bonds. The lowest BCUT2D eigenvalue weighted by molar-refractivity contribution is -0.141. The average Bonchev–Trinajstić information content (AvgIpc) is 3.17. The molecule has 7 nitrogen and oxygen atoms in total. The van der Waals surface area contributed by atoms with Crippen molar-refractivity contribution in [2.24, 2.45) is 0 Å². The molecule has 0 spiro atoms. The van der Waals surface area contributed by atoms with Gasteiger partial charge in [-0.1, -0.05) is 30.3 Å². The van der Waals surface area contributed by atoms with Crippen LogP contribution in [0.1, 0.15) is 30.2 Å². The van der Waals surface area contributed by atoms with E-state index in [2.05, 4.69) is 39.2 Å². The predicted molar refractivity (Wildman–Crippen MR) is 153 cm³/mol. The Morgan fingerprint density at radius 2 is 1.54 bits per heavy atom. The first-order valence-corrected chi connectivity index (χ1v) is 13.2. The standard InChI is InChI=1S/C31H34FN5O2/c1-21-18-22(2)33-28(19-21)37-16-14-36(15-17-37)26-12-10-25(11-13-26)34-30(39)29(38)31(24-8-6-5-7-9-24)20-27(32)23(3)35(31)4/h5-13,18-19H,14-17,20H2,1-4H3,(H,34,39). The molecule has 1 unspecified atom stereocenters. The number of aromatic nitrogens is 1. The molecule has 3 heterocycles. The summed E-state index contributed by atoms with van der Waals surface area (Å²) in [7, 11) is 1.66. The molecule has 0 bridgehead atoms. The SMILES string of the molecule is CC1=C(F)CC(C(=O)C(=O)Nc2ccc(N3CCN(c4cc(C)cc(C)n4)CC3)cc2)(c2ccccc2)N1C. The van der Waals surface area contributed by atoms with E-state index < -0.39 is 17.2 Å². The normalized spacial score (nSPS) is 19.5. The Bertz CT molecular complexity index is 1390. The Morgan fingerprint density at radius 3 is 2.13 bits per heavy atom. The van der Waals surface area contributed by atoms with Crippen LogP contribution in [0.2, 0.25) is 0 Å². The van der Waals surface area contributed by atoms with Crippen molar-refractivity contribution >= 4 is 28.9 Å². The fourth-order valence-electron chi connectivity index (χ4n) is 5.62. The number of ketones is 1. The Hall–Kier alpha value is -4.20. The topological polar surface area (TPSA) is 68.8 Å². The number of benzene rings is 2. The number of nitrogens with one attached hydrogen (secondary N) is 1. The highest BCUT2D eigenvalue weighted by Gasteiger charge is 2.52. The van der Waals surface area contributed by atoms with E-state index in [9.17, 15) is 14.0 Å². The van der Waals surface area contributed by atoms with Crippen LogP contribution < -0.4 is 15.1 Å². The summed E-state index contributed by atoms with van der Waals surface area (Å²) in [6.07, 6.45) is -0.172. The van der Waals surface area contributed by atoms with Gasteiger partial charge in [0.15, 0.2) is 0 Å². The zero-order valence-corrected chi connectivity index (χ0v) is 22.9. The summed E-state index contributed by atoms with van der Waals surface area (Å²) in [6.45, 7) is 9.16. The fraction of sp³-hybridized carbons (Fsp3) is 0.323. The number of allylic oxidation sites excluding steroid dienone is 1. The van der Waals surface area contributed by atoms with Crippen molar-refractivity contribution in [3.05, 3.63) is 95.1 Å². The summed E-state index contributed by atoms with van der Waals surface area (Å²) in [5.41, 5.74) is 3.33. The first-order chi connectivity index (χ1) is 18.7. The molecule has 0 radical (unpaired) electrons. The highest BCUT2D eigenvalue weighted by molar-refractivity contribution is 6.43. The summed E-state index contributed by atoms with van der Waals surface area (Å²) in [5.74, 6) is -0.833. The van der Waals surface area contributed by atoms with Gasteiger partial charge in [-0.2, -0.15) is 0 Å². The van der Waals surface area contributed by atoms with Crippen LogP contribution in [0.5, 0.6) is 0 Å². The number of piperazine rings is 1. The minimum absolute atomic E-state index is 0.172. The van der Waals surface area contributed by atoms with E-state index in [4.69, 9.17) is 0 Å². The molecule has 8 heteroatoms. The second kappa shape index (κ2) is 10.5. The van der Waals surface area contributed by atoms with Crippen molar-refractivity contribution in [1.82, 2.24) is 9.88 Å². The molecule has 0 aliphatic carbocycles. The number of anilines is 3. The van der Waals surface area contributed by atoms with Crippen LogP contribution in [-0.2, 0) is 15.1 Å². The van der Waals surface area contributed by atoms with Gasteiger partial charge in [0.2, 0.25) is 0 Å². The highest BCUT2D eigenvalue weighted by atomic mass is 19.1. The summed E-state index contributed by atoms with van der Waals surface area (Å²) in [5, 5.41) is 2.74. The number of rotatable bonds is 6. The Labute approximate surface area is 228 Å². The number of hydrogen-bond donors (Lipinski definition) is 1. The van der Waals surface area contributed by atoms with Crippen LogP contribution in [0.25, 0.3) is 0 Å². The Morgan fingerprint density at radius 1 is 0.897 bits per heavy atom. The van der Waals surface area contributed by atoms with Crippen LogP contribution in [0.15, 0.2) is 78.3 Å². The first-order valence-electron chi connectivity index (χ1n) is 13.2. The number of carbonyl (C=O) groups is 2. The average molecular weight is 528 g/mol. The van der Waals surface area contributed by atoms with Gasteiger partial charge in [-0.15, -0.1) is 0 Å². The number of aryl methyl sites for hydroxylation is 2. The zero-order chi connectivity index (χ0) is 27.7. The summed E-state index contributed by atoms with van der Waals surface area (Å²) < 4.78 is 14.7. The Kier molecular flexibility index (Phi) is 7.12. The van der Waals surface area contributed by atoms with Gasteiger partial charge < -0.3 is 20.0 Å². The third-order valence-electron chi connectivity index (χ3n) is 7.89. The van der Waals surface area contributed by atoms with Crippen molar-refractivity contribution in [3.8, 4) is 0 Å². The van der Waals surface area contributed by atoms with E-state index >= 15 is 0 Å². The molecular formula is C31H34FN5O2. The maximum atomic E-state index is 14.7. The van der Waals surface area contributed by atoms with Gasteiger partial charge in [0.05, 0.1) is 0 Å². The van der Waals surface area contributed by atoms with Gasteiger partial charge in [0.25, 0.3) is 11.7 Å². The molecule has 1 saturated heterocycles. The van der Waals surface area contributed by atoms with Crippen molar-refractivity contribution in [1.29, 1.82) is 0 Å². The number of halogens is 1. The summed E-state index contributed by atoms with van der Waals surface area (Å²) in [4.78, 5) is 37.7. The highest BCUT2D eigenvalue weighted by Crippen LogP contribution is 2.44. The number of carbonyl (C=O) groups excluding carboxylic acids is 2. The first kappa shape index (κ1) is 26.4. The second-order valence-electron chi connectivity index (χ2n) is 10.4. The molecule has 1 fully saturated rings. The molecule has 1 N–H and O–H groups in total. The molecular weight excluding hydrogens is 493 g/mol. The molecule has 1 aromatic heterocycles. The van der Waals surface area contributed by atoms with Gasteiger partial charge in [-0.05, 0) is 68.3 Å². The largest absolute Gasteiger partial charge is 0.368 e. The minimum atomic E-state index is -1.41. The van der Waals surface area contributed by atoms with Gasteiger partial charge >= 0.3 is 0 Å². The van der Waals surface area contributed by atoms with Crippen molar-refractivity contribution in [2.45, 2.75) is 32.7 Å². The van der Waals surface area contributed by atoms with Gasteiger partial charge in [0, 0.05) is 62.4 Å². The molecule has 5 rings (SSSR count). The van der Waals surface area contributed by atoms with E-state index in [-0.39, 0.29) is 12.2 Å². The van der Waals surface area contributed by atoms with E-state index in [0.29, 0.717) is 16.9 Å². The molecule has 1 atom stereocenters. The van der Waals surface area contributed by atoms with Gasteiger partial charge in [-0.25, -0.2) is 9.37 Å². The third kappa shape index (κ3) is 4.99. The van der Waals surface area contributed by atoms with Crippen LogP contribution in [0, 0.1) is 13.8 Å². The maximum Gasteiger partial charge on any atom is 0.294 e. The van der Waals surface area contributed by atoms with E-state index in [1.807, 2.05) is 25.1 Å². The van der Waals surface area contributed by atoms with E-state index in [1.165, 1.54) is 5.56 Å². The number of Topliss-reactive ketones (excluding diaryl/α,β-unsaturated/α-hetero) is 1. The number of nitrogens with zero attached hydrogens (tertiary/aromatic N) is 4. The predicted octanol–water partition coefficient (Wildman–Crippen LogP) is 4.96.